The van der Waals surface area contributed by atoms with Crippen LogP contribution in [0.15, 0.2) is 52.9 Å². The highest BCUT2D eigenvalue weighted by molar-refractivity contribution is 5.72. The minimum atomic E-state index is 0.576. The van der Waals surface area contributed by atoms with Gasteiger partial charge in [0.25, 0.3) is 0 Å². The first-order valence-corrected chi connectivity index (χ1v) is 8.15. The average Bonchev–Trinajstić information content (AvgIpc) is 3.07. The van der Waals surface area contributed by atoms with Gasteiger partial charge in [0.2, 0.25) is 11.8 Å². The average molecular weight is 320 g/mol. The molecule has 0 amide bonds. The SMILES string of the molecule is Cc1ccc(-c2nnc(CN3CCN(C)c4ccccc43)o2)cc1. The second-order valence-corrected chi connectivity index (χ2v) is 6.20. The number of anilines is 2. The van der Waals surface area contributed by atoms with Crippen LogP contribution in [0.4, 0.5) is 11.4 Å². The van der Waals surface area contributed by atoms with Gasteiger partial charge in [-0.25, -0.2) is 0 Å². The molecule has 5 nitrogen and oxygen atoms in total. The Morgan fingerprint density at radius 1 is 0.958 bits per heavy atom. The number of aryl methyl sites for hydroxylation is 1. The van der Waals surface area contributed by atoms with Gasteiger partial charge in [-0.2, -0.15) is 0 Å². The van der Waals surface area contributed by atoms with Crippen molar-refractivity contribution in [3.8, 4) is 11.5 Å². The van der Waals surface area contributed by atoms with Crippen LogP contribution in [0.25, 0.3) is 11.5 Å². The molecule has 1 aliphatic heterocycles. The maximum Gasteiger partial charge on any atom is 0.247 e. The predicted octanol–water partition coefficient (Wildman–Crippen LogP) is 3.50. The number of benzene rings is 2. The molecule has 0 bridgehead atoms. The molecule has 2 heterocycles. The van der Waals surface area contributed by atoms with Crippen LogP contribution < -0.4 is 9.80 Å². The number of para-hydroxylation sites is 2. The highest BCUT2D eigenvalue weighted by Gasteiger charge is 2.21. The summed E-state index contributed by atoms with van der Waals surface area (Å²) in [6.45, 7) is 4.61. The summed E-state index contributed by atoms with van der Waals surface area (Å²) in [5, 5.41) is 8.43. The molecule has 0 N–H and O–H groups in total. The summed E-state index contributed by atoms with van der Waals surface area (Å²) in [5.74, 6) is 1.22. The Balaban J connectivity index is 1.57. The number of nitrogens with zero attached hydrogens (tertiary/aromatic N) is 4. The molecule has 122 valence electrons. The van der Waals surface area contributed by atoms with Crippen LogP contribution in [0.2, 0.25) is 0 Å². The van der Waals surface area contributed by atoms with Gasteiger partial charge in [0.1, 0.15) is 0 Å². The largest absolute Gasteiger partial charge is 0.419 e. The molecule has 0 fully saturated rings. The van der Waals surface area contributed by atoms with Crippen molar-refractivity contribution in [2.24, 2.45) is 0 Å². The van der Waals surface area contributed by atoms with Crippen LogP contribution in [-0.2, 0) is 6.54 Å². The highest BCUT2D eigenvalue weighted by Crippen LogP contribution is 2.32. The Kier molecular flexibility index (Phi) is 3.69. The Labute approximate surface area is 141 Å². The summed E-state index contributed by atoms with van der Waals surface area (Å²) in [6, 6.07) is 16.5. The number of aromatic nitrogens is 2. The van der Waals surface area contributed by atoms with E-state index in [0.717, 1.165) is 18.7 Å². The maximum atomic E-state index is 5.88. The lowest BCUT2D eigenvalue weighted by atomic mass is 10.1. The molecule has 1 aliphatic rings. The lowest BCUT2D eigenvalue weighted by Gasteiger charge is -2.36. The summed E-state index contributed by atoms with van der Waals surface area (Å²) in [7, 11) is 2.12. The molecular formula is C19H20N4O. The molecule has 0 atom stereocenters. The van der Waals surface area contributed by atoms with Gasteiger partial charge in [-0.15, -0.1) is 10.2 Å². The Morgan fingerprint density at radius 3 is 2.50 bits per heavy atom. The first-order chi connectivity index (χ1) is 11.7. The van der Waals surface area contributed by atoms with Gasteiger partial charge < -0.3 is 14.2 Å². The van der Waals surface area contributed by atoms with Crippen molar-refractivity contribution < 1.29 is 4.42 Å². The normalized spacial score (nSPS) is 13.9. The van der Waals surface area contributed by atoms with Gasteiger partial charge in [0.15, 0.2) is 0 Å². The van der Waals surface area contributed by atoms with Crippen LogP contribution in [-0.4, -0.2) is 30.3 Å². The first kappa shape index (κ1) is 14.8. The molecule has 0 saturated heterocycles. The quantitative estimate of drug-likeness (QED) is 0.739. The van der Waals surface area contributed by atoms with Gasteiger partial charge in [-0.05, 0) is 31.2 Å². The van der Waals surface area contributed by atoms with E-state index < -0.39 is 0 Å². The van der Waals surface area contributed by atoms with Crippen molar-refractivity contribution in [2.75, 3.05) is 29.9 Å². The molecular weight excluding hydrogens is 300 g/mol. The number of hydrogen-bond donors (Lipinski definition) is 0. The van der Waals surface area contributed by atoms with Gasteiger partial charge in [0.05, 0.1) is 17.9 Å². The summed E-state index contributed by atoms with van der Waals surface area (Å²) >= 11 is 0. The minimum Gasteiger partial charge on any atom is -0.419 e. The smallest absolute Gasteiger partial charge is 0.247 e. The number of rotatable bonds is 3. The van der Waals surface area contributed by atoms with E-state index in [0.29, 0.717) is 18.3 Å². The number of fused-ring (bicyclic) bond motifs is 1. The van der Waals surface area contributed by atoms with E-state index in [1.807, 2.05) is 12.1 Å². The first-order valence-electron chi connectivity index (χ1n) is 8.15. The van der Waals surface area contributed by atoms with Crippen LogP contribution in [0.3, 0.4) is 0 Å². The van der Waals surface area contributed by atoms with Crippen molar-refractivity contribution in [2.45, 2.75) is 13.5 Å². The van der Waals surface area contributed by atoms with Gasteiger partial charge >= 0.3 is 0 Å². The molecule has 1 aromatic heterocycles. The standard InChI is InChI=1S/C19H20N4O/c1-14-7-9-15(10-8-14)19-21-20-18(24-19)13-23-12-11-22(2)16-5-3-4-6-17(16)23/h3-10H,11-13H2,1-2H3. The van der Waals surface area contributed by atoms with E-state index in [2.05, 4.69) is 70.4 Å². The van der Waals surface area contributed by atoms with E-state index in [-0.39, 0.29) is 0 Å². The van der Waals surface area contributed by atoms with Crippen molar-refractivity contribution in [1.82, 2.24) is 10.2 Å². The Bertz CT molecular complexity index is 841. The minimum absolute atomic E-state index is 0.576. The molecule has 24 heavy (non-hydrogen) atoms. The summed E-state index contributed by atoms with van der Waals surface area (Å²) < 4.78 is 5.88. The number of hydrogen-bond acceptors (Lipinski definition) is 5. The van der Waals surface area contributed by atoms with E-state index in [4.69, 9.17) is 4.42 Å². The fraction of sp³-hybridized carbons (Fsp3) is 0.263. The van der Waals surface area contributed by atoms with E-state index in [9.17, 15) is 0 Å². The lowest BCUT2D eigenvalue weighted by molar-refractivity contribution is 0.496. The summed E-state index contributed by atoms with van der Waals surface area (Å²) in [5.41, 5.74) is 4.62. The van der Waals surface area contributed by atoms with Crippen molar-refractivity contribution >= 4 is 11.4 Å². The highest BCUT2D eigenvalue weighted by atomic mass is 16.4. The molecule has 5 heteroatoms. The molecule has 3 aromatic rings. The van der Waals surface area contributed by atoms with Crippen molar-refractivity contribution in [3.05, 3.63) is 60.0 Å². The van der Waals surface area contributed by atoms with E-state index in [1.54, 1.807) is 0 Å². The van der Waals surface area contributed by atoms with Crippen molar-refractivity contribution in [3.63, 3.8) is 0 Å². The third-order valence-electron chi connectivity index (χ3n) is 4.43. The second-order valence-electron chi connectivity index (χ2n) is 6.20. The maximum absolute atomic E-state index is 5.88. The molecule has 4 rings (SSSR count). The fourth-order valence-electron chi connectivity index (χ4n) is 3.02. The Morgan fingerprint density at radius 2 is 1.71 bits per heavy atom. The van der Waals surface area contributed by atoms with E-state index >= 15 is 0 Å². The molecule has 2 aromatic carbocycles. The molecule has 0 radical (unpaired) electrons. The van der Waals surface area contributed by atoms with Crippen LogP contribution in [0.5, 0.6) is 0 Å². The molecule has 0 aliphatic carbocycles. The van der Waals surface area contributed by atoms with Gasteiger partial charge in [-0.1, -0.05) is 29.8 Å². The number of likely N-dealkylation sites (N-methyl/N-ethyl adjacent to an activating group) is 1. The fourth-order valence-corrected chi connectivity index (χ4v) is 3.02. The topological polar surface area (TPSA) is 45.4 Å². The third kappa shape index (κ3) is 2.73. The molecule has 0 spiro atoms. The summed E-state index contributed by atoms with van der Waals surface area (Å²) in [6.07, 6.45) is 0. The van der Waals surface area contributed by atoms with Gasteiger partial charge in [-0.3, -0.25) is 0 Å². The van der Waals surface area contributed by atoms with Crippen LogP contribution in [0.1, 0.15) is 11.5 Å². The van der Waals surface area contributed by atoms with Crippen LogP contribution >= 0.6 is 0 Å². The summed E-state index contributed by atoms with van der Waals surface area (Å²) in [4.78, 5) is 4.57. The molecule has 0 unspecified atom stereocenters. The third-order valence-corrected chi connectivity index (χ3v) is 4.43. The van der Waals surface area contributed by atoms with Gasteiger partial charge in [0, 0.05) is 25.7 Å². The Hall–Kier alpha value is -2.82. The molecule has 0 saturated carbocycles. The van der Waals surface area contributed by atoms with E-state index in [1.165, 1.54) is 16.9 Å². The zero-order valence-electron chi connectivity index (χ0n) is 13.9. The van der Waals surface area contributed by atoms with Crippen molar-refractivity contribution in [1.29, 1.82) is 0 Å². The predicted molar refractivity (Wildman–Crippen MR) is 95.2 cm³/mol. The zero-order chi connectivity index (χ0) is 16.5. The lowest BCUT2D eigenvalue weighted by Crippen LogP contribution is -2.38. The second kappa shape index (κ2) is 6.00. The van der Waals surface area contributed by atoms with Crippen LogP contribution in [0, 0.1) is 6.92 Å². The monoisotopic (exact) mass is 320 g/mol. The zero-order valence-corrected chi connectivity index (χ0v) is 13.9.